The first-order chi connectivity index (χ1) is 13.1. The Balaban J connectivity index is 1.62. The Morgan fingerprint density at radius 3 is 2.89 bits per heavy atom. The van der Waals surface area contributed by atoms with Gasteiger partial charge in [-0.25, -0.2) is 9.98 Å². The van der Waals surface area contributed by atoms with Gasteiger partial charge in [-0.1, -0.05) is 6.07 Å². The third kappa shape index (κ3) is 5.82. The number of guanidine groups is 1. The van der Waals surface area contributed by atoms with Crippen LogP contribution in [-0.4, -0.2) is 85.7 Å². The minimum atomic E-state index is -0.0123. The minimum absolute atomic E-state index is 0.0123. The molecule has 0 radical (unpaired) electrons. The van der Waals surface area contributed by atoms with Gasteiger partial charge in [0.1, 0.15) is 12.6 Å². The SMILES string of the molecule is CN(C)C(=O)CN=C(NC1CCOCC1)N1CCC(Oc2ccccn2)C1. The zero-order chi connectivity index (χ0) is 19.1. The Hall–Kier alpha value is -2.35. The van der Waals surface area contributed by atoms with Crippen LogP contribution in [-0.2, 0) is 9.53 Å². The number of hydrogen-bond acceptors (Lipinski definition) is 5. The lowest BCUT2D eigenvalue weighted by Crippen LogP contribution is -2.48. The second-order valence-electron chi connectivity index (χ2n) is 7.10. The molecule has 8 nitrogen and oxygen atoms in total. The predicted molar refractivity (Wildman–Crippen MR) is 103 cm³/mol. The van der Waals surface area contributed by atoms with E-state index in [0.717, 1.165) is 51.5 Å². The molecule has 2 aliphatic rings. The quantitative estimate of drug-likeness (QED) is 0.604. The van der Waals surface area contributed by atoms with Crippen molar-refractivity contribution in [2.75, 3.05) is 46.9 Å². The summed E-state index contributed by atoms with van der Waals surface area (Å²) < 4.78 is 11.4. The summed E-state index contributed by atoms with van der Waals surface area (Å²) in [6.45, 7) is 3.21. The van der Waals surface area contributed by atoms with Crippen molar-refractivity contribution >= 4 is 11.9 Å². The van der Waals surface area contributed by atoms with E-state index in [-0.39, 0.29) is 18.6 Å². The number of ether oxygens (including phenoxy) is 2. The van der Waals surface area contributed by atoms with Crippen molar-refractivity contribution in [3.8, 4) is 5.88 Å². The third-order valence-corrected chi connectivity index (χ3v) is 4.79. The molecule has 1 aromatic rings. The van der Waals surface area contributed by atoms with Crippen molar-refractivity contribution in [1.29, 1.82) is 0 Å². The highest BCUT2D eigenvalue weighted by atomic mass is 16.5. The lowest BCUT2D eigenvalue weighted by Gasteiger charge is -2.29. The highest BCUT2D eigenvalue weighted by Gasteiger charge is 2.28. The lowest BCUT2D eigenvalue weighted by atomic mass is 10.1. The summed E-state index contributed by atoms with van der Waals surface area (Å²) in [6.07, 6.45) is 4.58. The van der Waals surface area contributed by atoms with Gasteiger partial charge < -0.3 is 24.6 Å². The number of aromatic nitrogens is 1. The van der Waals surface area contributed by atoms with E-state index >= 15 is 0 Å². The van der Waals surface area contributed by atoms with Gasteiger partial charge in [0, 0.05) is 58.6 Å². The molecule has 2 fully saturated rings. The summed E-state index contributed by atoms with van der Waals surface area (Å²) in [5, 5.41) is 3.53. The number of nitrogens with zero attached hydrogens (tertiary/aromatic N) is 4. The molecule has 1 amide bonds. The van der Waals surface area contributed by atoms with Crippen LogP contribution >= 0.6 is 0 Å². The second-order valence-corrected chi connectivity index (χ2v) is 7.10. The summed E-state index contributed by atoms with van der Waals surface area (Å²) in [5.41, 5.74) is 0. The van der Waals surface area contributed by atoms with E-state index in [4.69, 9.17) is 9.47 Å². The van der Waals surface area contributed by atoms with Gasteiger partial charge in [0.15, 0.2) is 5.96 Å². The van der Waals surface area contributed by atoms with E-state index in [9.17, 15) is 4.79 Å². The number of rotatable bonds is 5. The first-order valence-electron chi connectivity index (χ1n) is 9.53. The Labute approximate surface area is 160 Å². The number of carbonyl (C=O) groups excluding carboxylic acids is 1. The van der Waals surface area contributed by atoms with Crippen LogP contribution in [0.5, 0.6) is 5.88 Å². The van der Waals surface area contributed by atoms with E-state index in [2.05, 4.69) is 20.2 Å². The molecular weight excluding hydrogens is 346 g/mol. The Morgan fingerprint density at radius 2 is 2.19 bits per heavy atom. The first-order valence-corrected chi connectivity index (χ1v) is 9.53. The lowest BCUT2D eigenvalue weighted by molar-refractivity contribution is -0.127. The van der Waals surface area contributed by atoms with Crippen LogP contribution in [0.1, 0.15) is 19.3 Å². The number of pyridine rings is 1. The van der Waals surface area contributed by atoms with Crippen molar-refractivity contribution in [2.45, 2.75) is 31.4 Å². The predicted octanol–water partition coefficient (Wildman–Crippen LogP) is 0.748. The number of aliphatic imine (C=N–C) groups is 1. The number of likely N-dealkylation sites (tertiary alicyclic amines) is 1. The average Bonchev–Trinajstić information content (AvgIpc) is 3.14. The van der Waals surface area contributed by atoms with E-state index in [0.29, 0.717) is 11.9 Å². The third-order valence-electron chi connectivity index (χ3n) is 4.79. The van der Waals surface area contributed by atoms with Gasteiger partial charge in [0.2, 0.25) is 11.8 Å². The van der Waals surface area contributed by atoms with Gasteiger partial charge in [-0.3, -0.25) is 4.79 Å². The molecule has 1 N–H and O–H groups in total. The maximum atomic E-state index is 12.0. The standard InChI is InChI=1S/C19H29N5O3/c1-23(2)18(25)13-21-19(22-15-7-11-26-12-8-15)24-10-6-16(14-24)27-17-5-3-4-9-20-17/h3-5,9,15-16H,6-8,10-14H2,1-2H3,(H,21,22). The van der Waals surface area contributed by atoms with Gasteiger partial charge in [-0.15, -0.1) is 0 Å². The van der Waals surface area contributed by atoms with Gasteiger partial charge in [-0.05, 0) is 18.9 Å². The van der Waals surface area contributed by atoms with Crippen LogP contribution in [0.2, 0.25) is 0 Å². The summed E-state index contributed by atoms with van der Waals surface area (Å²) in [6, 6.07) is 5.98. The van der Waals surface area contributed by atoms with Gasteiger partial charge in [0.05, 0.1) is 6.54 Å². The molecule has 1 unspecified atom stereocenters. The highest BCUT2D eigenvalue weighted by molar-refractivity contribution is 5.85. The number of nitrogens with one attached hydrogen (secondary N) is 1. The van der Waals surface area contributed by atoms with Crippen molar-refractivity contribution in [1.82, 2.24) is 20.1 Å². The second kappa shape index (κ2) is 9.55. The van der Waals surface area contributed by atoms with Gasteiger partial charge in [0.25, 0.3) is 0 Å². The largest absolute Gasteiger partial charge is 0.472 e. The minimum Gasteiger partial charge on any atom is -0.472 e. The van der Waals surface area contributed by atoms with E-state index < -0.39 is 0 Å². The number of hydrogen-bond donors (Lipinski definition) is 1. The first kappa shape index (κ1) is 19.4. The van der Waals surface area contributed by atoms with E-state index in [1.54, 1.807) is 25.2 Å². The number of carbonyl (C=O) groups is 1. The van der Waals surface area contributed by atoms with Crippen LogP contribution in [0.3, 0.4) is 0 Å². The van der Waals surface area contributed by atoms with Crippen LogP contribution in [0, 0.1) is 0 Å². The summed E-state index contributed by atoms with van der Waals surface area (Å²) in [4.78, 5) is 24.5. The van der Waals surface area contributed by atoms with Crippen LogP contribution in [0.15, 0.2) is 29.4 Å². The summed E-state index contributed by atoms with van der Waals surface area (Å²) >= 11 is 0. The van der Waals surface area contributed by atoms with E-state index in [1.165, 1.54) is 0 Å². The molecule has 3 rings (SSSR count). The van der Waals surface area contributed by atoms with Crippen molar-refractivity contribution in [2.24, 2.45) is 4.99 Å². The molecule has 0 aliphatic carbocycles. The maximum Gasteiger partial charge on any atom is 0.243 e. The Morgan fingerprint density at radius 1 is 1.37 bits per heavy atom. The zero-order valence-corrected chi connectivity index (χ0v) is 16.1. The van der Waals surface area contributed by atoms with Crippen molar-refractivity contribution in [3.63, 3.8) is 0 Å². The fourth-order valence-electron chi connectivity index (χ4n) is 3.15. The van der Waals surface area contributed by atoms with Crippen LogP contribution in [0.25, 0.3) is 0 Å². The molecule has 0 saturated carbocycles. The molecular formula is C19H29N5O3. The molecule has 3 heterocycles. The highest BCUT2D eigenvalue weighted by Crippen LogP contribution is 2.17. The van der Waals surface area contributed by atoms with Crippen LogP contribution < -0.4 is 10.1 Å². The number of likely N-dealkylation sites (N-methyl/N-ethyl adjacent to an activating group) is 1. The van der Waals surface area contributed by atoms with Crippen molar-refractivity contribution < 1.29 is 14.3 Å². The fourth-order valence-corrected chi connectivity index (χ4v) is 3.15. The normalized spacial score (nSPS) is 21.2. The molecule has 2 aliphatic heterocycles. The zero-order valence-electron chi connectivity index (χ0n) is 16.1. The molecule has 148 valence electrons. The molecule has 2 saturated heterocycles. The van der Waals surface area contributed by atoms with Crippen LogP contribution in [0.4, 0.5) is 0 Å². The molecule has 8 heteroatoms. The fraction of sp³-hybridized carbons (Fsp3) is 0.632. The smallest absolute Gasteiger partial charge is 0.243 e. The van der Waals surface area contributed by atoms with Crippen molar-refractivity contribution in [3.05, 3.63) is 24.4 Å². The van der Waals surface area contributed by atoms with Gasteiger partial charge in [-0.2, -0.15) is 0 Å². The summed E-state index contributed by atoms with van der Waals surface area (Å²) in [5.74, 6) is 1.41. The molecule has 1 aromatic heterocycles. The molecule has 1 atom stereocenters. The Kier molecular flexibility index (Phi) is 6.86. The molecule has 0 bridgehead atoms. The topological polar surface area (TPSA) is 79.3 Å². The monoisotopic (exact) mass is 375 g/mol. The number of amides is 1. The Bertz CT molecular complexity index is 631. The molecule has 0 spiro atoms. The maximum absolute atomic E-state index is 12.0. The van der Waals surface area contributed by atoms with Gasteiger partial charge >= 0.3 is 0 Å². The molecule has 27 heavy (non-hydrogen) atoms. The summed E-state index contributed by atoms with van der Waals surface area (Å²) in [7, 11) is 3.49. The molecule has 0 aromatic carbocycles. The van der Waals surface area contributed by atoms with E-state index in [1.807, 2.05) is 18.2 Å². The average molecular weight is 375 g/mol.